The molecule has 11 nitrogen and oxygen atoms in total. The Bertz CT molecular complexity index is 1440. The lowest BCUT2D eigenvalue weighted by atomic mass is 10.0. The molecule has 0 aliphatic rings. The number of rotatable bonds is 13. The van der Waals surface area contributed by atoms with Crippen molar-refractivity contribution in [2.24, 2.45) is 11.7 Å². The summed E-state index contributed by atoms with van der Waals surface area (Å²) in [5, 5.41) is 22.7. The minimum absolute atomic E-state index is 0. The van der Waals surface area contributed by atoms with E-state index in [1.165, 1.54) is 0 Å². The Kier molecular flexibility index (Phi) is 8.79. The van der Waals surface area contributed by atoms with Crippen LogP contribution in [0.15, 0.2) is 53.2 Å². The minimum atomic E-state index is -0.141. The van der Waals surface area contributed by atoms with Gasteiger partial charge in [-0.1, -0.05) is 25.5 Å². The maximum Gasteiger partial charge on any atom is 0.227 e. The van der Waals surface area contributed by atoms with Gasteiger partial charge in [-0.3, -0.25) is 9.59 Å². The standard InChI is InChI=1S/C27H30N8O3.H2/c1-18(7-4-5-14-28)27(37)31-20-12-10-19(11-13-20)23(36)17-35-22-9-3-2-8-21(22)32-26(35)24-25(34-38-33-24)30-16-6-15-29;/h2-3,8-13,18H,4-7,14,16-17,28H2,1H3,(H,30,34)(H,31,37);1H/t18-;/m0./s1. The van der Waals surface area contributed by atoms with Crippen molar-refractivity contribution in [2.45, 2.75) is 39.2 Å². The number of nitrogens with one attached hydrogen (secondary N) is 2. The summed E-state index contributed by atoms with van der Waals surface area (Å²) >= 11 is 0. The van der Waals surface area contributed by atoms with Crippen LogP contribution in [0.3, 0.4) is 0 Å². The first-order valence-electron chi connectivity index (χ1n) is 12.5. The lowest BCUT2D eigenvalue weighted by Crippen LogP contribution is -2.20. The van der Waals surface area contributed by atoms with Gasteiger partial charge >= 0.3 is 0 Å². The average molecular weight is 517 g/mol. The summed E-state index contributed by atoms with van der Waals surface area (Å²) in [5.41, 5.74) is 8.46. The number of imidazole rings is 1. The molecule has 1 amide bonds. The van der Waals surface area contributed by atoms with Gasteiger partial charge in [0, 0.05) is 25.1 Å². The van der Waals surface area contributed by atoms with Gasteiger partial charge < -0.3 is 20.9 Å². The summed E-state index contributed by atoms with van der Waals surface area (Å²) < 4.78 is 6.71. The molecule has 2 aromatic heterocycles. The van der Waals surface area contributed by atoms with Crippen LogP contribution in [0.4, 0.5) is 11.5 Å². The fraction of sp³-hybridized carbons (Fsp3) is 0.333. The van der Waals surface area contributed by atoms with Crippen LogP contribution in [0.5, 0.6) is 0 Å². The topological polar surface area (TPSA) is 165 Å². The molecule has 4 rings (SSSR count). The number of para-hydroxylation sites is 2. The lowest BCUT2D eigenvalue weighted by Gasteiger charge is -2.12. The van der Waals surface area contributed by atoms with E-state index >= 15 is 0 Å². The molecule has 4 N–H and O–H groups in total. The van der Waals surface area contributed by atoms with E-state index in [9.17, 15) is 9.59 Å². The number of Topliss-reactive ketones (excluding diaryl/α,β-unsaturated/α-hetero) is 1. The lowest BCUT2D eigenvalue weighted by molar-refractivity contribution is -0.119. The van der Waals surface area contributed by atoms with Crippen LogP contribution in [0.1, 0.15) is 44.4 Å². The molecule has 0 bridgehead atoms. The van der Waals surface area contributed by atoms with Crippen molar-refractivity contribution in [3.63, 3.8) is 0 Å². The average Bonchev–Trinajstić information content (AvgIpc) is 3.53. The molecular formula is C27H32N8O3. The van der Waals surface area contributed by atoms with E-state index in [0.717, 1.165) is 24.8 Å². The van der Waals surface area contributed by atoms with Gasteiger partial charge in [-0.15, -0.1) is 0 Å². The quantitative estimate of drug-likeness (QED) is 0.174. The van der Waals surface area contributed by atoms with E-state index in [1.54, 1.807) is 28.8 Å². The van der Waals surface area contributed by atoms with Gasteiger partial charge in [-0.2, -0.15) is 5.26 Å². The number of nitrogens with two attached hydrogens (primary N) is 1. The van der Waals surface area contributed by atoms with Crippen molar-refractivity contribution in [3.05, 3.63) is 54.1 Å². The summed E-state index contributed by atoms with van der Waals surface area (Å²) in [6.45, 7) is 2.89. The normalized spacial score (nSPS) is 11.7. The zero-order chi connectivity index (χ0) is 26.9. The molecule has 0 aliphatic carbocycles. The fourth-order valence-electron chi connectivity index (χ4n) is 4.07. The first-order valence-corrected chi connectivity index (χ1v) is 12.5. The molecule has 11 heteroatoms. The minimum Gasteiger partial charge on any atom is -0.364 e. The van der Waals surface area contributed by atoms with Gasteiger partial charge in [-0.05, 0) is 66.1 Å². The van der Waals surface area contributed by atoms with E-state index in [4.69, 9.17) is 15.6 Å². The molecule has 38 heavy (non-hydrogen) atoms. The maximum atomic E-state index is 13.3. The number of carbonyl (C=O) groups excluding carboxylic acids is 2. The van der Waals surface area contributed by atoms with Crippen molar-refractivity contribution in [1.82, 2.24) is 19.9 Å². The zero-order valence-electron chi connectivity index (χ0n) is 21.2. The summed E-state index contributed by atoms with van der Waals surface area (Å²) in [6, 6.07) is 16.4. The van der Waals surface area contributed by atoms with Gasteiger partial charge in [0.2, 0.25) is 11.7 Å². The van der Waals surface area contributed by atoms with Gasteiger partial charge in [-0.25, -0.2) is 9.61 Å². The highest BCUT2D eigenvalue weighted by Gasteiger charge is 2.22. The van der Waals surface area contributed by atoms with E-state index in [1.807, 2.05) is 31.2 Å². The number of amides is 1. The first-order chi connectivity index (χ1) is 18.5. The predicted octanol–water partition coefficient (Wildman–Crippen LogP) is 4.24. The molecule has 1 atom stereocenters. The van der Waals surface area contributed by atoms with Crippen LogP contribution in [-0.4, -0.2) is 44.6 Å². The van der Waals surface area contributed by atoms with Gasteiger partial charge in [0.15, 0.2) is 17.3 Å². The Morgan fingerprint density at radius 3 is 2.71 bits per heavy atom. The molecule has 4 aromatic rings. The highest BCUT2D eigenvalue weighted by Crippen LogP contribution is 2.28. The Balaban J connectivity index is 0.00000420. The Morgan fingerprint density at radius 2 is 1.95 bits per heavy atom. The van der Waals surface area contributed by atoms with Gasteiger partial charge in [0.05, 0.1) is 30.1 Å². The second-order valence-electron chi connectivity index (χ2n) is 8.98. The molecule has 0 aliphatic heterocycles. The Morgan fingerprint density at radius 1 is 1.16 bits per heavy atom. The molecule has 0 fully saturated rings. The number of benzene rings is 2. The van der Waals surface area contributed by atoms with E-state index in [0.29, 0.717) is 47.2 Å². The smallest absolute Gasteiger partial charge is 0.227 e. The fourth-order valence-corrected chi connectivity index (χ4v) is 4.07. The van der Waals surface area contributed by atoms with Crippen LogP contribution in [-0.2, 0) is 11.3 Å². The number of carbonyl (C=O) groups is 2. The van der Waals surface area contributed by atoms with E-state index in [2.05, 4.69) is 32.0 Å². The number of nitriles is 1. The molecule has 0 saturated carbocycles. The molecule has 2 heterocycles. The molecule has 0 saturated heterocycles. The van der Waals surface area contributed by atoms with Crippen LogP contribution in [0, 0.1) is 17.2 Å². The van der Waals surface area contributed by atoms with Crippen LogP contribution in [0.2, 0.25) is 0 Å². The van der Waals surface area contributed by atoms with E-state index in [-0.39, 0.29) is 32.0 Å². The molecule has 0 radical (unpaired) electrons. The molecule has 0 unspecified atom stereocenters. The number of ketones is 1. The molecule has 2 aromatic carbocycles. The third-order valence-corrected chi connectivity index (χ3v) is 6.20. The van der Waals surface area contributed by atoms with Crippen molar-refractivity contribution in [1.29, 1.82) is 5.26 Å². The largest absolute Gasteiger partial charge is 0.364 e. The number of fused-ring (bicyclic) bond motifs is 1. The summed E-state index contributed by atoms with van der Waals surface area (Å²) in [6.07, 6.45) is 2.86. The highest BCUT2D eigenvalue weighted by molar-refractivity contribution is 5.98. The van der Waals surface area contributed by atoms with Gasteiger partial charge in [0.1, 0.15) is 0 Å². The van der Waals surface area contributed by atoms with Crippen molar-refractivity contribution < 1.29 is 15.6 Å². The highest BCUT2D eigenvalue weighted by atomic mass is 16.6. The molecule has 198 valence electrons. The number of nitrogens with zero attached hydrogens (tertiary/aromatic N) is 5. The number of aromatic nitrogens is 4. The number of hydrogen-bond acceptors (Lipinski definition) is 9. The van der Waals surface area contributed by atoms with Crippen molar-refractivity contribution >= 4 is 34.2 Å². The summed E-state index contributed by atoms with van der Waals surface area (Å²) in [7, 11) is 0. The first kappa shape index (κ1) is 26.5. The SMILES string of the molecule is C[C@@H](CCCCN)C(=O)Nc1ccc(C(=O)Cn2c(-c3nonc3NCCC#N)nc3ccccc32)cc1.[HH]. The number of unbranched alkanes of at least 4 members (excludes halogenated alkanes) is 1. The van der Waals surface area contributed by atoms with Crippen LogP contribution in [0.25, 0.3) is 22.6 Å². The Hall–Kier alpha value is -4.56. The summed E-state index contributed by atoms with van der Waals surface area (Å²) in [5.74, 6) is 0.449. The predicted molar refractivity (Wildman–Crippen MR) is 145 cm³/mol. The van der Waals surface area contributed by atoms with Crippen molar-refractivity contribution in [3.8, 4) is 17.6 Å². The van der Waals surface area contributed by atoms with Gasteiger partial charge in [0.25, 0.3) is 0 Å². The maximum absolute atomic E-state index is 13.3. The zero-order valence-corrected chi connectivity index (χ0v) is 21.2. The second kappa shape index (κ2) is 12.6. The summed E-state index contributed by atoms with van der Waals surface area (Å²) in [4.78, 5) is 30.4. The molecular weight excluding hydrogens is 484 g/mol. The second-order valence-corrected chi connectivity index (χ2v) is 8.98. The third-order valence-electron chi connectivity index (χ3n) is 6.20. The van der Waals surface area contributed by atoms with E-state index < -0.39 is 0 Å². The number of hydrogen-bond donors (Lipinski definition) is 3. The van der Waals surface area contributed by atoms with Crippen LogP contribution >= 0.6 is 0 Å². The van der Waals surface area contributed by atoms with Crippen LogP contribution < -0.4 is 16.4 Å². The Labute approximate surface area is 221 Å². The number of anilines is 2. The third kappa shape index (κ3) is 6.22. The monoisotopic (exact) mass is 516 g/mol. The van der Waals surface area contributed by atoms with Crippen molar-refractivity contribution in [2.75, 3.05) is 23.7 Å². The molecule has 0 spiro atoms.